The van der Waals surface area contributed by atoms with Crippen LogP contribution in [-0.4, -0.2) is 26.8 Å². The number of halogens is 2. The molecule has 2 rings (SSSR count). The number of rotatable bonds is 7. The molecule has 0 spiro atoms. The number of anilines is 1. The molecule has 4 nitrogen and oxygen atoms in total. The summed E-state index contributed by atoms with van der Waals surface area (Å²) in [5, 5.41) is 4.05. The van der Waals surface area contributed by atoms with E-state index in [0.29, 0.717) is 28.2 Å². The van der Waals surface area contributed by atoms with Gasteiger partial charge in [-0.3, -0.25) is 4.72 Å². The SMILES string of the molecule is O=S(=O)(CCCNC1CC1)Nc1cc(Cl)ccc1Cl. The summed E-state index contributed by atoms with van der Waals surface area (Å²) in [6.45, 7) is 0.717. The summed E-state index contributed by atoms with van der Waals surface area (Å²) in [5.41, 5.74) is 0.323. The molecule has 1 fully saturated rings. The van der Waals surface area contributed by atoms with E-state index in [1.165, 1.54) is 18.9 Å². The van der Waals surface area contributed by atoms with Gasteiger partial charge in [0.1, 0.15) is 0 Å². The van der Waals surface area contributed by atoms with E-state index in [1.807, 2.05) is 0 Å². The molecule has 1 aromatic rings. The molecule has 1 saturated carbocycles. The zero-order chi connectivity index (χ0) is 13.9. The summed E-state index contributed by atoms with van der Waals surface area (Å²) in [6, 6.07) is 5.28. The van der Waals surface area contributed by atoms with Crippen molar-refractivity contribution in [1.29, 1.82) is 0 Å². The van der Waals surface area contributed by atoms with Crippen LogP contribution in [0.3, 0.4) is 0 Å². The first kappa shape index (κ1) is 14.9. The molecule has 0 unspecified atom stereocenters. The van der Waals surface area contributed by atoms with Crippen LogP contribution in [0.1, 0.15) is 19.3 Å². The van der Waals surface area contributed by atoms with E-state index in [0.717, 1.165) is 6.54 Å². The highest BCUT2D eigenvalue weighted by molar-refractivity contribution is 7.92. The van der Waals surface area contributed by atoms with Gasteiger partial charge in [0.15, 0.2) is 0 Å². The van der Waals surface area contributed by atoms with E-state index in [-0.39, 0.29) is 5.75 Å². The molecular weight excluding hydrogens is 307 g/mol. The van der Waals surface area contributed by atoms with E-state index in [2.05, 4.69) is 10.0 Å². The maximum absolute atomic E-state index is 11.9. The van der Waals surface area contributed by atoms with Gasteiger partial charge in [0.05, 0.1) is 16.5 Å². The smallest absolute Gasteiger partial charge is 0.232 e. The van der Waals surface area contributed by atoms with E-state index in [9.17, 15) is 8.42 Å². The highest BCUT2D eigenvalue weighted by atomic mass is 35.5. The molecule has 0 aromatic heterocycles. The van der Waals surface area contributed by atoms with Crippen molar-refractivity contribution in [3.63, 3.8) is 0 Å². The Kier molecular flexibility index (Phi) is 4.95. The molecule has 1 aliphatic rings. The standard InChI is InChI=1S/C12H16Cl2N2O2S/c13-9-2-5-11(14)12(8-9)16-19(17,18)7-1-6-15-10-3-4-10/h2,5,8,10,15-16H,1,3-4,6-7H2. The van der Waals surface area contributed by atoms with Crippen LogP contribution >= 0.6 is 23.2 Å². The fraction of sp³-hybridized carbons (Fsp3) is 0.500. The lowest BCUT2D eigenvalue weighted by atomic mass is 10.3. The van der Waals surface area contributed by atoms with Crippen molar-refractivity contribution in [2.24, 2.45) is 0 Å². The fourth-order valence-electron chi connectivity index (χ4n) is 1.65. The molecule has 19 heavy (non-hydrogen) atoms. The molecule has 0 atom stereocenters. The van der Waals surface area contributed by atoms with Crippen molar-refractivity contribution >= 4 is 38.9 Å². The van der Waals surface area contributed by atoms with Gasteiger partial charge in [-0.2, -0.15) is 0 Å². The second-order valence-electron chi connectivity index (χ2n) is 4.63. The minimum absolute atomic E-state index is 0.0650. The van der Waals surface area contributed by atoms with Gasteiger partial charge >= 0.3 is 0 Å². The molecule has 0 bridgehead atoms. The van der Waals surface area contributed by atoms with Gasteiger partial charge in [0, 0.05) is 11.1 Å². The Balaban J connectivity index is 1.86. The summed E-state index contributed by atoms with van der Waals surface area (Å²) in [6.07, 6.45) is 2.97. The van der Waals surface area contributed by atoms with Crippen molar-refractivity contribution in [3.8, 4) is 0 Å². The topological polar surface area (TPSA) is 58.2 Å². The Morgan fingerprint density at radius 3 is 2.68 bits per heavy atom. The summed E-state index contributed by atoms with van der Waals surface area (Å²) in [5.74, 6) is 0.0650. The third-order valence-electron chi connectivity index (χ3n) is 2.79. The molecular formula is C12H16Cl2N2O2S. The lowest BCUT2D eigenvalue weighted by Gasteiger charge is -2.10. The first-order chi connectivity index (χ1) is 8.96. The highest BCUT2D eigenvalue weighted by Gasteiger charge is 2.20. The van der Waals surface area contributed by atoms with Crippen LogP contribution < -0.4 is 10.0 Å². The van der Waals surface area contributed by atoms with Gasteiger partial charge in [-0.15, -0.1) is 0 Å². The van der Waals surface area contributed by atoms with Gasteiger partial charge in [-0.1, -0.05) is 23.2 Å². The van der Waals surface area contributed by atoms with Gasteiger partial charge in [-0.25, -0.2) is 8.42 Å². The molecule has 0 amide bonds. The van der Waals surface area contributed by atoms with E-state index in [1.54, 1.807) is 12.1 Å². The maximum atomic E-state index is 11.9. The average molecular weight is 323 g/mol. The number of benzene rings is 1. The van der Waals surface area contributed by atoms with Crippen LogP contribution in [0, 0.1) is 0 Å². The van der Waals surface area contributed by atoms with E-state index >= 15 is 0 Å². The minimum Gasteiger partial charge on any atom is -0.314 e. The van der Waals surface area contributed by atoms with E-state index < -0.39 is 10.0 Å². The number of hydrogen-bond donors (Lipinski definition) is 2. The van der Waals surface area contributed by atoms with Crippen LogP contribution in [0.25, 0.3) is 0 Å². The van der Waals surface area contributed by atoms with Crippen LogP contribution in [0.5, 0.6) is 0 Å². The minimum atomic E-state index is -3.38. The summed E-state index contributed by atoms with van der Waals surface area (Å²) in [7, 11) is -3.38. The third-order valence-corrected chi connectivity index (χ3v) is 4.72. The van der Waals surface area contributed by atoms with Crippen LogP contribution in [0.4, 0.5) is 5.69 Å². The summed E-state index contributed by atoms with van der Waals surface area (Å²) >= 11 is 11.7. The lowest BCUT2D eigenvalue weighted by Crippen LogP contribution is -2.23. The van der Waals surface area contributed by atoms with Crippen LogP contribution in [0.2, 0.25) is 10.0 Å². The lowest BCUT2D eigenvalue weighted by molar-refractivity contribution is 0.593. The third kappa shape index (κ3) is 5.18. The van der Waals surface area contributed by atoms with Crippen molar-refractivity contribution in [3.05, 3.63) is 28.2 Å². The molecule has 2 N–H and O–H groups in total. The number of nitrogens with one attached hydrogen (secondary N) is 2. The molecule has 1 aromatic carbocycles. The van der Waals surface area contributed by atoms with Gasteiger partial charge in [-0.05, 0) is 44.0 Å². The van der Waals surface area contributed by atoms with Crippen molar-refractivity contribution in [2.45, 2.75) is 25.3 Å². The Morgan fingerprint density at radius 2 is 2.00 bits per heavy atom. The highest BCUT2D eigenvalue weighted by Crippen LogP contribution is 2.26. The molecule has 0 aliphatic heterocycles. The van der Waals surface area contributed by atoms with Crippen LogP contribution in [-0.2, 0) is 10.0 Å². The first-order valence-electron chi connectivity index (χ1n) is 6.15. The van der Waals surface area contributed by atoms with E-state index in [4.69, 9.17) is 23.2 Å². The van der Waals surface area contributed by atoms with Gasteiger partial charge in [0.25, 0.3) is 0 Å². The molecule has 0 radical (unpaired) electrons. The predicted molar refractivity (Wildman–Crippen MR) is 79.5 cm³/mol. The van der Waals surface area contributed by atoms with Crippen molar-refractivity contribution in [1.82, 2.24) is 5.32 Å². The van der Waals surface area contributed by atoms with Gasteiger partial charge < -0.3 is 5.32 Å². The predicted octanol–water partition coefficient (Wildman–Crippen LogP) is 2.88. The number of hydrogen-bond acceptors (Lipinski definition) is 3. The molecule has 106 valence electrons. The summed E-state index contributed by atoms with van der Waals surface area (Å²) in [4.78, 5) is 0. The Hall–Kier alpha value is -0.490. The largest absolute Gasteiger partial charge is 0.314 e. The second kappa shape index (κ2) is 6.31. The normalized spacial score (nSPS) is 15.5. The average Bonchev–Trinajstić information content (AvgIpc) is 3.13. The molecule has 0 heterocycles. The Morgan fingerprint density at radius 1 is 1.26 bits per heavy atom. The molecule has 7 heteroatoms. The van der Waals surface area contributed by atoms with Gasteiger partial charge in [0.2, 0.25) is 10.0 Å². The zero-order valence-electron chi connectivity index (χ0n) is 10.3. The number of sulfonamides is 1. The summed E-state index contributed by atoms with van der Waals surface area (Å²) < 4.78 is 26.2. The molecule has 1 aliphatic carbocycles. The monoisotopic (exact) mass is 322 g/mol. The van der Waals surface area contributed by atoms with Crippen LogP contribution in [0.15, 0.2) is 18.2 Å². The Bertz CT molecular complexity index is 545. The fourth-order valence-corrected chi connectivity index (χ4v) is 3.17. The van der Waals surface area contributed by atoms with Crippen molar-refractivity contribution in [2.75, 3.05) is 17.0 Å². The maximum Gasteiger partial charge on any atom is 0.232 e. The zero-order valence-corrected chi connectivity index (χ0v) is 12.7. The second-order valence-corrected chi connectivity index (χ2v) is 7.31. The first-order valence-corrected chi connectivity index (χ1v) is 8.56. The quantitative estimate of drug-likeness (QED) is 0.759. The molecule has 0 saturated heterocycles. The Labute approximate surface area is 123 Å². The van der Waals surface area contributed by atoms with Crippen molar-refractivity contribution < 1.29 is 8.42 Å².